The van der Waals surface area contributed by atoms with Crippen molar-refractivity contribution in [2.75, 3.05) is 0 Å². The van der Waals surface area contributed by atoms with Crippen molar-refractivity contribution in [2.24, 2.45) is 0 Å². The van der Waals surface area contributed by atoms with Gasteiger partial charge in [0.1, 0.15) is 5.82 Å². The molecule has 0 aliphatic rings. The number of unbranched alkanes of at least 4 members (excludes halogenated alkanes) is 12. The first-order valence-electron chi connectivity index (χ1n) is 13.4. The highest BCUT2D eigenvalue weighted by atomic mass is 14.9. The minimum Gasteiger partial charge on any atom is -0.238 e. The van der Waals surface area contributed by atoms with Crippen molar-refractivity contribution in [3.63, 3.8) is 0 Å². The highest BCUT2D eigenvalue weighted by Gasteiger charge is 2.14. The van der Waals surface area contributed by atoms with Crippen molar-refractivity contribution in [1.82, 2.24) is 9.97 Å². The van der Waals surface area contributed by atoms with E-state index in [1.54, 1.807) is 0 Å². The molecule has 1 rings (SSSR count). The van der Waals surface area contributed by atoms with E-state index in [-0.39, 0.29) is 0 Å². The van der Waals surface area contributed by atoms with Crippen LogP contribution in [0.15, 0.2) is 0 Å². The summed E-state index contributed by atoms with van der Waals surface area (Å²) in [5.41, 5.74) is 4.28. The zero-order chi connectivity index (χ0) is 21.9. The molecule has 0 saturated carbocycles. The second kappa shape index (κ2) is 18.8. The van der Waals surface area contributed by atoms with Crippen LogP contribution in [0.2, 0.25) is 0 Å². The standard InChI is InChI=1S/C28H51N2/c1-5-9-12-15-18-22-25-26(23-19-16-13-10-6-2)29-28(21-8-4)30-27(25)24-20-17-14-11-7-3/h4-24H2,1-3H3. The molecule has 0 aliphatic carbocycles. The van der Waals surface area contributed by atoms with Crippen molar-refractivity contribution in [3.05, 3.63) is 29.7 Å². The first-order valence-corrected chi connectivity index (χ1v) is 13.4. The third-order valence-electron chi connectivity index (χ3n) is 6.19. The van der Waals surface area contributed by atoms with E-state index in [9.17, 15) is 0 Å². The number of nitrogens with zero attached hydrogens (tertiary/aromatic N) is 2. The minimum absolute atomic E-state index is 0.891. The summed E-state index contributed by atoms with van der Waals surface area (Å²) in [4.78, 5) is 10.1. The van der Waals surface area contributed by atoms with Gasteiger partial charge >= 0.3 is 0 Å². The summed E-state index contributed by atoms with van der Waals surface area (Å²) >= 11 is 0. The highest BCUT2D eigenvalue weighted by Crippen LogP contribution is 2.21. The van der Waals surface area contributed by atoms with E-state index >= 15 is 0 Å². The number of aromatic nitrogens is 2. The summed E-state index contributed by atoms with van der Waals surface area (Å²) in [6, 6.07) is 0. The van der Waals surface area contributed by atoms with Gasteiger partial charge in [0.2, 0.25) is 0 Å². The maximum absolute atomic E-state index is 5.06. The first-order chi connectivity index (χ1) is 14.8. The van der Waals surface area contributed by atoms with Crippen LogP contribution in [0.1, 0.15) is 146 Å². The number of aryl methyl sites for hydroxylation is 3. The van der Waals surface area contributed by atoms with Gasteiger partial charge in [-0.05, 0) is 50.5 Å². The molecular weight excluding hydrogens is 364 g/mol. The monoisotopic (exact) mass is 415 g/mol. The van der Waals surface area contributed by atoms with Gasteiger partial charge < -0.3 is 0 Å². The summed E-state index contributed by atoms with van der Waals surface area (Å²) in [5, 5.41) is 0. The lowest BCUT2D eigenvalue weighted by atomic mass is 9.96. The third-order valence-corrected chi connectivity index (χ3v) is 6.19. The van der Waals surface area contributed by atoms with Gasteiger partial charge in [-0.1, -0.05) is 105 Å². The minimum atomic E-state index is 0.891. The topological polar surface area (TPSA) is 25.8 Å². The number of hydrogen-bond donors (Lipinski definition) is 0. The van der Waals surface area contributed by atoms with E-state index in [0.29, 0.717) is 0 Å². The normalized spacial score (nSPS) is 11.3. The Morgan fingerprint density at radius 3 is 1.30 bits per heavy atom. The molecule has 0 N–H and O–H groups in total. The van der Waals surface area contributed by atoms with Crippen LogP contribution in [-0.4, -0.2) is 9.97 Å². The van der Waals surface area contributed by atoms with Crippen molar-refractivity contribution < 1.29 is 0 Å². The highest BCUT2D eigenvalue weighted by molar-refractivity contribution is 5.27. The van der Waals surface area contributed by atoms with Crippen molar-refractivity contribution in [1.29, 1.82) is 0 Å². The molecule has 1 heterocycles. The van der Waals surface area contributed by atoms with E-state index in [0.717, 1.165) is 31.5 Å². The van der Waals surface area contributed by atoms with Crippen LogP contribution in [0.4, 0.5) is 0 Å². The van der Waals surface area contributed by atoms with E-state index in [1.165, 1.54) is 120 Å². The first kappa shape index (κ1) is 27.1. The molecule has 2 heteroatoms. The molecule has 0 amide bonds. The Bertz CT molecular complexity index is 488. The Kier molecular flexibility index (Phi) is 17.0. The Labute approximate surface area is 189 Å². The van der Waals surface area contributed by atoms with Crippen molar-refractivity contribution in [2.45, 2.75) is 149 Å². The summed E-state index contributed by atoms with van der Waals surface area (Å²) in [6.07, 6.45) is 25.3. The second-order valence-electron chi connectivity index (χ2n) is 9.11. The molecular formula is C28H51N2. The predicted octanol–water partition coefficient (Wildman–Crippen LogP) is 8.78. The van der Waals surface area contributed by atoms with Crippen LogP contribution in [0, 0.1) is 6.92 Å². The molecule has 0 fully saturated rings. The lowest BCUT2D eigenvalue weighted by Crippen LogP contribution is -2.11. The summed E-state index contributed by atoms with van der Waals surface area (Å²) in [6.45, 7) is 10.9. The van der Waals surface area contributed by atoms with Gasteiger partial charge in [-0.25, -0.2) is 9.97 Å². The molecule has 0 aliphatic heterocycles. The molecule has 0 bridgehead atoms. The predicted molar refractivity (Wildman–Crippen MR) is 133 cm³/mol. The molecule has 0 unspecified atom stereocenters. The molecule has 1 aromatic rings. The zero-order valence-electron chi connectivity index (χ0n) is 20.7. The van der Waals surface area contributed by atoms with Gasteiger partial charge in [-0.2, -0.15) is 0 Å². The summed E-state index contributed by atoms with van der Waals surface area (Å²) in [7, 11) is 0. The fourth-order valence-corrected chi connectivity index (χ4v) is 4.31. The summed E-state index contributed by atoms with van der Waals surface area (Å²) in [5.74, 6) is 1.05. The third kappa shape index (κ3) is 12.1. The Morgan fingerprint density at radius 2 is 0.900 bits per heavy atom. The molecule has 0 saturated heterocycles. The molecule has 30 heavy (non-hydrogen) atoms. The maximum Gasteiger partial charge on any atom is 0.128 e. The van der Waals surface area contributed by atoms with Crippen molar-refractivity contribution >= 4 is 0 Å². The molecule has 1 aromatic heterocycles. The van der Waals surface area contributed by atoms with Gasteiger partial charge in [0.05, 0.1) is 0 Å². The molecule has 173 valence electrons. The van der Waals surface area contributed by atoms with E-state index in [2.05, 4.69) is 27.7 Å². The van der Waals surface area contributed by atoms with Crippen molar-refractivity contribution in [3.8, 4) is 0 Å². The van der Waals surface area contributed by atoms with Gasteiger partial charge in [0, 0.05) is 17.8 Å². The fourth-order valence-electron chi connectivity index (χ4n) is 4.31. The second-order valence-corrected chi connectivity index (χ2v) is 9.11. The average molecular weight is 416 g/mol. The largest absolute Gasteiger partial charge is 0.238 e. The lowest BCUT2D eigenvalue weighted by molar-refractivity contribution is 0.599. The van der Waals surface area contributed by atoms with Crippen LogP contribution in [0.5, 0.6) is 0 Å². The van der Waals surface area contributed by atoms with Gasteiger partial charge in [0.15, 0.2) is 0 Å². The fraction of sp³-hybridized carbons (Fsp3) is 0.821. The van der Waals surface area contributed by atoms with Gasteiger partial charge in [-0.3, -0.25) is 0 Å². The van der Waals surface area contributed by atoms with Crippen LogP contribution in [0.3, 0.4) is 0 Å². The average Bonchev–Trinajstić information content (AvgIpc) is 2.74. The lowest BCUT2D eigenvalue weighted by Gasteiger charge is -2.16. The van der Waals surface area contributed by atoms with E-state index < -0.39 is 0 Å². The van der Waals surface area contributed by atoms with Gasteiger partial charge in [0.25, 0.3) is 0 Å². The quantitative estimate of drug-likeness (QED) is 0.199. The Balaban J connectivity index is 2.87. The van der Waals surface area contributed by atoms with Crippen LogP contribution < -0.4 is 0 Å². The number of hydrogen-bond acceptors (Lipinski definition) is 2. The SMILES string of the molecule is [CH2]CCc1nc(CCCCCCC)c(CCCCCCC)c(CCCCCCC)n1. The molecule has 0 aromatic carbocycles. The Hall–Kier alpha value is -0.920. The van der Waals surface area contributed by atoms with E-state index in [4.69, 9.17) is 9.97 Å². The van der Waals surface area contributed by atoms with Crippen LogP contribution in [-0.2, 0) is 25.7 Å². The molecule has 1 radical (unpaired) electrons. The maximum atomic E-state index is 5.06. The zero-order valence-corrected chi connectivity index (χ0v) is 20.7. The van der Waals surface area contributed by atoms with Crippen LogP contribution in [0.25, 0.3) is 0 Å². The van der Waals surface area contributed by atoms with E-state index in [1.807, 2.05) is 0 Å². The molecule has 2 nitrogen and oxygen atoms in total. The summed E-state index contributed by atoms with van der Waals surface area (Å²) < 4.78 is 0. The molecule has 0 atom stereocenters. The smallest absolute Gasteiger partial charge is 0.128 e. The molecule has 0 spiro atoms. The Morgan fingerprint density at radius 1 is 0.500 bits per heavy atom. The van der Waals surface area contributed by atoms with Gasteiger partial charge in [-0.15, -0.1) is 0 Å². The number of rotatable bonds is 20. The van der Waals surface area contributed by atoms with Crippen LogP contribution >= 0.6 is 0 Å².